The molecule has 2 N–H and O–H groups in total. The molecule has 2 atom stereocenters. The van der Waals surface area contributed by atoms with Crippen LogP contribution in [0.4, 0.5) is 26.3 Å². The number of alkyl halides is 6. The van der Waals surface area contributed by atoms with E-state index in [0.717, 1.165) is 36.1 Å². The molecule has 0 bridgehead atoms. The normalized spacial score (nSPS) is 17.6. The van der Waals surface area contributed by atoms with E-state index in [9.17, 15) is 55.7 Å². The van der Waals surface area contributed by atoms with E-state index in [1.165, 1.54) is 53.2 Å². The molecule has 0 saturated carbocycles. The number of likely N-dealkylation sites (tertiary alicyclic amines) is 2. The van der Waals surface area contributed by atoms with Gasteiger partial charge in [0.25, 0.3) is 11.8 Å². The number of pyridine rings is 2. The summed E-state index contributed by atoms with van der Waals surface area (Å²) in [5.41, 5.74) is -5.13. The molecule has 23 heteroatoms. The molecule has 0 radical (unpaired) electrons. The van der Waals surface area contributed by atoms with Crippen LogP contribution >= 0.6 is 15.9 Å². The minimum atomic E-state index is -4.71. The Morgan fingerprint density at radius 1 is 0.725 bits per heavy atom. The predicted molar refractivity (Wildman–Crippen MR) is 242 cm³/mol. The summed E-state index contributed by atoms with van der Waals surface area (Å²) in [4.78, 5) is 58.1. The molecule has 364 valence electrons. The molecule has 0 unspecified atom stereocenters. The van der Waals surface area contributed by atoms with Crippen molar-refractivity contribution in [2.45, 2.75) is 51.2 Å². The van der Waals surface area contributed by atoms with Crippen LogP contribution in [0.1, 0.15) is 65.4 Å². The number of likely N-dealkylation sites (N-methyl/N-ethyl adjacent to an activating group) is 2. The van der Waals surface area contributed by atoms with E-state index in [-0.39, 0.29) is 77.8 Å². The third-order valence-corrected chi connectivity index (χ3v) is 10.7. The van der Waals surface area contributed by atoms with Gasteiger partial charge < -0.3 is 29.5 Å². The van der Waals surface area contributed by atoms with Gasteiger partial charge in [0.15, 0.2) is 22.7 Å². The van der Waals surface area contributed by atoms with E-state index in [0.29, 0.717) is 23.7 Å². The maximum absolute atomic E-state index is 13.6. The zero-order valence-corrected chi connectivity index (χ0v) is 37.0. The quantitative estimate of drug-likeness (QED) is 0.109. The first-order valence-electron chi connectivity index (χ1n) is 19.4. The van der Waals surface area contributed by atoms with Gasteiger partial charge in [0, 0.05) is 62.5 Å². The molecule has 0 aliphatic carbocycles. The van der Waals surface area contributed by atoms with E-state index in [2.05, 4.69) is 58.6 Å². The van der Waals surface area contributed by atoms with Crippen LogP contribution in [0, 0.1) is 24.2 Å². The lowest BCUT2D eigenvalue weighted by molar-refractivity contribution is -0.138. The second-order valence-corrected chi connectivity index (χ2v) is 15.7. The summed E-state index contributed by atoms with van der Waals surface area (Å²) in [7, 11) is 5.48. The number of benzene rings is 2. The van der Waals surface area contributed by atoms with E-state index >= 15 is 0 Å². The van der Waals surface area contributed by atoms with Gasteiger partial charge >= 0.3 is 24.3 Å². The van der Waals surface area contributed by atoms with Crippen LogP contribution < -0.4 is 0 Å². The van der Waals surface area contributed by atoms with Crippen molar-refractivity contribution in [1.29, 1.82) is 0 Å². The number of halogens is 7. The van der Waals surface area contributed by atoms with Gasteiger partial charge in [0.1, 0.15) is 0 Å². The molecular formula is C46H43BrF6N8O8. The number of fused-ring (bicyclic) bond motifs is 2. The predicted octanol–water partition coefficient (Wildman–Crippen LogP) is 6.64. The first kappa shape index (κ1) is 54.3. The van der Waals surface area contributed by atoms with Crippen molar-refractivity contribution in [3.63, 3.8) is 0 Å². The molecular weight excluding hydrogens is 986 g/mol. The third kappa shape index (κ3) is 11.3. The van der Waals surface area contributed by atoms with Gasteiger partial charge in [-0.1, -0.05) is 48.5 Å². The number of terminal acetylenes is 1. The Balaban J connectivity index is 0.000000252. The second kappa shape index (κ2) is 20.9. The molecule has 2 aromatic carbocycles. The maximum atomic E-state index is 13.6. The first-order chi connectivity index (χ1) is 31.4. The highest BCUT2D eigenvalue weighted by Gasteiger charge is 2.43. The molecule has 16 nitrogen and oxygen atoms in total. The molecule has 4 aromatic heterocycles. The number of aliphatic hydroxyl groups is 2. The lowest BCUT2D eigenvalue weighted by Gasteiger charge is -2.13. The zero-order chi connectivity index (χ0) is 49.2. The molecule has 6 aromatic rings. The molecule has 0 spiro atoms. The molecule has 69 heavy (non-hydrogen) atoms. The van der Waals surface area contributed by atoms with Crippen LogP contribution in [0.5, 0.6) is 0 Å². The van der Waals surface area contributed by atoms with E-state index in [1.807, 2.05) is 0 Å². The molecule has 2 fully saturated rings. The number of ether oxygens (including phenoxy) is 2. The van der Waals surface area contributed by atoms with Crippen molar-refractivity contribution in [2.24, 2.45) is 0 Å². The SMILES string of the molecule is C.C.C#C[C@]1(O)CCN(C)C1=O.COC(=O)c1nn(-c2cc(Br)cc(C(F)(F)F)c2)c2ncccc12.COC(=O)c1nn(-c2cc(C#C[C@]3(O)CCN(C)C3=O)cc(C(F)(F)F)c2)c2ncccc12. The zero-order valence-electron chi connectivity index (χ0n) is 35.4. The van der Waals surface area contributed by atoms with E-state index in [4.69, 9.17) is 11.2 Å². The third-order valence-electron chi connectivity index (χ3n) is 10.3. The highest BCUT2D eigenvalue weighted by atomic mass is 79.9. The molecule has 2 amide bonds. The van der Waals surface area contributed by atoms with Crippen LogP contribution in [0.3, 0.4) is 0 Å². The summed E-state index contributed by atoms with van der Waals surface area (Å²) in [6, 6.07) is 12.6. The average molecular weight is 1030 g/mol. The topological polar surface area (TPSA) is 195 Å². The Hall–Kier alpha value is -7.34. The Kier molecular flexibility index (Phi) is 16.4. The number of hydrogen-bond donors (Lipinski definition) is 2. The van der Waals surface area contributed by atoms with Gasteiger partial charge in [0.2, 0.25) is 11.2 Å². The van der Waals surface area contributed by atoms with Gasteiger partial charge in [-0.25, -0.2) is 28.9 Å². The van der Waals surface area contributed by atoms with E-state index in [1.54, 1.807) is 31.3 Å². The maximum Gasteiger partial charge on any atom is 0.416 e. The fourth-order valence-electron chi connectivity index (χ4n) is 6.72. The Bertz CT molecular complexity index is 3050. The second-order valence-electron chi connectivity index (χ2n) is 14.8. The number of esters is 2. The summed E-state index contributed by atoms with van der Waals surface area (Å²) < 4.78 is 91.8. The lowest BCUT2D eigenvalue weighted by atomic mass is 10.0. The number of rotatable bonds is 4. The highest BCUT2D eigenvalue weighted by Crippen LogP contribution is 2.35. The van der Waals surface area contributed by atoms with Crippen LogP contribution in [0.2, 0.25) is 0 Å². The summed E-state index contributed by atoms with van der Waals surface area (Å²) in [5, 5.41) is 28.7. The number of nitrogens with zero attached hydrogens (tertiary/aromatic N) is 8. The Morgan fingerprint density at radius 3 is 1.55 bits per heavy atom. The van der Waals surface area contributed by atoms with Crippen molar-refractivity contribution in [3.05, 3.63) is 106 Å². The van der Waals surface area contributed by atoms with Crippen molar-refractivity contribution < 1.29 is 65.2 Å². The highest BCUT2D eigenvalue weighted by molar-refractivity contribution is 9.10. The van der Waals surface area contributed by atoms with Gasteiger partial charge in [-0.3, -0.25) is 9.59 Å². The first-order valence-corrected chi connectivity index (χ1v) is 20.2. The summed E-state index contributed by atoms with van der Waals surface area (Å²) >= 11 is 3.06. The smallest absolute Gasteiger partial charge is 0.416 e. The summed E-state index contributed by atoms with van der Waals surface area (Å²) in [5.74, 6) is 4.53. The Labute approximate surface area is 399 Å². The molecule has 2 aliphatic rings. The van der Waals surface area contributed by atoms with Crippen molar-refractivity contribution >= 4 is 61.7 Å². The van der Waals surface area contributed by atoms with Crippen LogP contribution in [0.25, 0.3) is 33.4 Å². The van der Waals surface area contributed by atoms with Crippen LogP contribution in [-0.4, -0.2) is 126 Å². The van der Waals surface area contributed by atoms with Crippen molar-refractivity contribution in [3.8, 4) is 35.6 Å². The summed E-state index contributed by atoms with van der Waals surface area (Å²) in [6.45, 7) is 0.818. The largest absolute Gasteiger partial charge is 0.464 e. The average Bonchev–Trinajstić information content (AvgIpc) is 4.03. The lowest BCUT2D eigenvalue weighted by Crippen LogP contribution is -2.37. The molecule has 8 rings (SSSR count). The standard InChI is InChI=1S/C22H17F3N4O4.C15H9BrF3N3O2.C7H9NO2.2CH4/c1-28-9-7-21(32,20(28)31)6-5-13-10-14(22(23,24)25)12-15(11-13)29-18-16(4-3-8-26-18)17(27-29)19(30)33-2;1-24-14(23)12-11-3-2-4-20-13(11)22(21-12)10-6-8(15(17,18)19)5-9(16)7-10;1-3-7(10)4-5-8(2)6(7)9;;/h3-4,8,10-12,32H,7,9H2,1-2H3;2-7H,1H3;1,10H,4-5H2,2H3;2*1H4/t21-;;7-;;/m0.0../s1. The Morgan fingerprint density at radius 2 is 1.16 bits per heavy atom. The van der Waals surface area contributed by atoms with E-state index < -0.39 is 52.5 Å². The van der Waals surface area contributed by atoms with Crippen molar-refractivity contribution in [2.75, 3.05) is 41.4 Å². The molecule has 6 heterocycles. The molecule has 2 aliphatic heterocycles. The van der Waals surface area contributed by atoms with Gasteiger partial charge in [0.05, 0.1) is 47.5 Å². The fraction of sp³-hybridized carbons (Fsp3) is 0.304. The number of carbonyl (C=O) groups excluding carboxylic acids is 4. The minimum Gasteiger partial charge on any atom is -0.464 e. The number of methoxy groups -OCH3 is 2. The number of aromatic nitrogens is 6. The minimum absolute atomic E-state index is 0. The fourth-order valence-corrected chi connectivity index (χ4v) is 7.20. The van der Waals surface area contributed by atoms with Crippen LogP contribution in [0.15, 0.2) is 77.5 Å². The van der Waals surface area contributed by atoms with Crippen LogP contribution in [-0.2, 0) is 31.4 Å². The monoisotopic (exact) mass is 1030 g/mol. The van der Waals surface area contributed by atoms with Gasteiger partial charge in [-0.15, -0.1) is 6.42 Å². The summed E-state index contributed by atoms with van der Waals surface area (Å²) in [6.07, 6.45) is -0.997. The van der Waals surface area contributed by atoms with Crippen molar-refractivity contribution in [1.82, 2.24) is 39.3 Å². The number of carbonyl (C=O) groups is 4. The molecule has 2 saturated heterocycles. The van der Waals surface area contributed by atoms with Gasteiger partial charge in [-0.05, 0) is 60.7 Å². The van der Waals surface area contributed by atoms with Gasteiger partial charge in [-0.2, -0.15) is 36.5 Å². The number of hydrogen-bond acceptors (Lipinski definition) is 12. The number of amides is 2.